The molecule has 0 aliphatic heterocycles. The largest absolute Gasteiger partial charge is 1.00 e. The third-order valence-corrected chi connectivity index (χ3v) is 32.4. The number of fused-ring (bicyclic) bond motifs is 6. The molecule has 19 nitrogen and oxygen atoms in total. The Balaban J connectivity index is 0.000000224. The molecule has 14 aromatic carbocycles. The van der Waals surface area contributed by atoms with Crippen molar-refractivity contribution in [2.45, 2.75) is 22.4 Å². The van der Waals surface area contributed by atoms with E-state index in [9.17, 15) is 19.8 Å². The Labute approximate surface area is 1020 Å². The molecule has 0 aliphatic carbocycles. The Morgan fingerprint density at radius 3 is 1.07 bits per heavy atom. The minimum Gasteiger partial charge on any atom is -1.00 e. The number of thioether (sulfide) groups is 1. The Bertz CT molecular complexity index is 7390. The van der Waals surface area contributed by atoms with Gasteiger partial charge in [0.05, 0.1) is 40.0 Å². The average molecular weight is 2490 g/mol. The summed E-state index contributed by atoms with van der Waals surface area (Å²) in [5, 5.41) is 76.4. The molecule has 0 unspecified atom stereocenters. The van der Waals surface area contributed by atoms with Gasteiger partial charge in [-0.25, -0.2) is 0 Å². The van der Waals surface area contributed by atoms with Gasteiger partial charge >= 0.3 is 110 Å². The third-order valence-electron chi connectivity index (χ3n) is 21.1. The first-order chi connectivity index (χ1) is 70.5. The van der Waals surface area contributed by atoms with Gasteiger partial charge < -0.3 is 74.9 Å². The van der Waals surface area contributed by atoms with E-state index < -0.39 is 7.12 Å². The number of oxime groups is 1. The number of methoxy groups -OCH3 is 8. The Hall–Kier alpha value is -7.92. The van der Waals surface area contributed by atoms with Crippen LogP contribution in [-0.2, 0) is 28.6 Å². The predicted molar refractivity (Wildman–Crippen MR) is 623 cm³/mol. The van der Waals surface area contributed by atoms with Crippen molar-refractivity contribution in [3.05, 3.63) is 382 Å². The van der Waals surface area contributed by atoms with Crippen molar-refractivity contribution >= 4 is 270 Å². The van der Waals surface area contributed by atoms with Crippen LogP contribution in [0.15, 0.2) is 381 Å². The Kier molecular flexibility index (Phi) is 57.0. The number of nitrogens with zero attached hydrogens (tertiary/aromatic N) is 1. The first-order valence-corrected chi connectivity index (χ1v) is 54.6. The first kappa shape index (κ1) is 124. The number of aldehydes is 2. The van der Waals surface area contributed by atoms with E-state index in [0.717, 1.165) is 134 Å². The van der Waals surface area contributed by atoms with Crippen LogP contribution in [0.3, 0.4) is 0 Å². The monoisotopic (exact) mass is 2480 g/mol. The molecule has 5 N–H and O–H groups in total. The molecule has 0 aliphatic rings. The molecule has 0 fully saturated rings. The number of hydrogen-bond acceptors (Lipinski definition) is 27. The number of phenolic OH excluding ortho intramolecular Hbond substituents is 2. The van der Waals surface area contributed by atoms with Crippen molar-refractivity contribution in [2.24, 2.45) is 5.16 Å². The normalized spacial score (nSPS) is 10.3. The summed E-state index contributed by atoms with van der Waals surface area (Å²) in [6, 6.07) is 102. The number of benzene rings is 14. The molecule has 0 saturated heterocycles. The predicted octanol–water partition coefficient (Wildman–Crippen LogP) is 25.0. The zero-order valence-electron chi connectivity index (χ0n) is 82.1. The summed E-state index contributed by atoms with van der Waals surface area (Å²) in [6.07, 6.45) is 2.99. The van der Waals surface area contributed by atoms with Crippen molar-refractivity contribution in [3.8, 4) is 90.1 Å². The smallest absolute Gasteiger partial charge is 1.00 e. The second-order valence-corrected chi connectivity index (χ2v) is 40.9. The summed E-state index contributed by atoms with van der Waals surface area (Å²) in [5.74, 6) is 4.63. The third kappa shape index (κ3) is 37.5. The minimum absolute atomic E-state index is 0. The van der Waals surface area contributed by atoms with E-state index in [0.29, 0.717) is 16.8 Å². The number of thiol groups is 1. The van der Waals surface area contributed by atoms with E-state index in [1.807, 2.05) is 186 Å². The molecule has 0 bridgehead atoms. The number of halogens is 5. The number of ether oxygens (including phenoxy) is 8. The topological polar surface area (TPSA) is 271 Å². The minimum atomic E-state index is -1.40. The Morgan fingerprint density at radius 2 is 0.707 bits per heavy atom. The van der Waals surface area contributed by atoms with Crippen molar-refractivity contribution in [3.63, 3.8) is 0 Å². The molecule has 748 valence electrons. The van der Waals surface area contributed by atoms with Crippen LogP contribution in [-0.4, -0.2) is 138 Å². The molecule has 20 aromatic rings. The van der Waals surface area contributed by atoms with Crippen molar-refractivity contribution in [1.82, 2.24) is 0 Å². The Morgan fingerprint density at radius 1 is 0.374 bits per heavy atom. The average Bonchev–Trinajstić information content (AvgIpc) is 1.65. The van der Waals surface area contributed by atoms with Crippen LogP contribution in [0.2, 0.25) is 0 Å². The number of carbonyl (C=O) groups is 3. The molecular formula is C112H99BBr5K2NO18S8. The number of hydrogen-bond donors (Lipinski definition) is 6. The van der Waals surface area contributed by atoms with Crippen molar-refractivity contribution < 1.29 is 192 Å². The summed E-state index contributed by atoms with van der Waals surface area (Å²) in [4.78, 5) is 35.5. The molecule has 6 aromatic heterocycles. The van der Waals surface area contributed by atoms with Gasteiger partial charge in [0.15, 0.2) is 25.2 Å². The fraction of sp³-hybridized carbons (Fsp3) is 0.107. The van der Waals surface area contributed by atoms with Gasteiger partial charge in [-0.2, -0.15) is 0 Å². The molecule has 0 amide bonds. The van der Waals surface area contributed by atoms with Crippen LogP contribution in [0.25, 0.3) is 116 Å². The van der Waals surface area contributed by atoms with Gasteiger partial charge in [0, 0.05) is 128 Å². The van der Waals surface area contributed by atoms with Gasteiger partial charge in [0.1, 0.15) is 34.5 Å². The van der Waals surface area contributed by atoms with E-state index in [2.05, 4.69) is 216 Å². The zero-order chi connectivity index (χ0) is 104. The molecular weight excluding hydrogens is 2390 g/mol. The molecule has 0 radical (unpaired) electrons. The maximum absolute atomic E-state index is 11.0. The first-order valence-electron chi connectivity index (χ1n) is 43.6. The van der Waals surface area contributed by atoms with E-state index in [-0.39, 0.29) is 135 Å². The second-order valence-electron chi connectivity index (χ2n) is 29.8. The molecule has 0 atom stereocenters. The number of aromatic hydroxyl groups is 2. The summed E-state index contributed by atoms with van der Waals surface area (Å²) in [5.41, 5.74) is 14.4. The van der Waals surface area contributed by atoms with Gasteiger partial charge in [-0.1, -0.05) is 207 Å². The number of thiophene rings is 6. The molecule has 147 heavy (non-hydrogen) atoms. The number of carbonyl (C=O) groups excluding carboxylic acids is 3. The fourth-order valence-corrected chi connectivity index (χ4v) is 23.2. The SMILES string of the molecule is Brc1cccc2ccsc12.COC(CBr)OC.COC(CSc1ccccc1Br)OC.COc1ccc(-c2ccc(Br)c3ccsc23)cc1.COc1ccc(-c2ccc(C=O)c3ccsc23)cc1.COc1ccc(-c2cccc3ccsc23)cc1.COc1ccc(B(O)O)cc1.O/N=C/c1ccc(-c2ccc(O)cc2)c2sccc12.O=CO[O-].O=Cc1ccc(-c2ccc(O)cc2)c2sccc12.Sc1ccccc1Br.[H-].[K+].[K+]. The quantitative estimate of drug-likeness (QED) is 0.00352. The fourth-order valence-electron chi connectivity index (χ4n) is 13.7. The molecule has 35 heteroatoms. The molecule has 20 rings (SSSR count). The number of alkyl halides is 1. The van der Waals surface area contributed by atoms with Crippen LogP contribution in [0, 0.1) is 0 Å². The maximum atomic E-state index is 11.0. The van der Waals surface area contributed by atoms with Crippen LogP contribution < -0.4 is 132 Å². The zero-order valence-corrected chi connectivity index (χ0v) is 102. The van der Waals surface area contributed by atoms with Crippen molar-refractivity contribution in [1.29, 1.82) is 0 Å². The van der Waals surface area contributed by atoms with Crippen LogP contribution in [0.4, 0.5) is 0 Å². The van der Waals surface area contributed by atoms with Crippen LogP contribution >= 0.6 is 172 Å². The standard InChI is InChI=1S/C16H12O2S.C15H11BrOS.C15H11NO2S.C15H10O2S.C15H12OS.C10H13BrO2S.C8H5BrS.C7H9BO3.C6H5BrS.C4H9BrO2.CH2O3.2K.H/c1-18-13-5-2-11(3-6-13)14-7-4-12(10-17)15-8-9-19-16(14)15;1-17-11-4-2-10(3-5-11)12-6-7-14(16)13-8-9-18-15(12)13;17-12-4-1-10(2-5-12)13-6-3-11(9-16-18)14-7-8-19-15(13)14;16-9-11-3-6-13(15-14(11)7-8-18-15)10-1-4-12(17)5-2-10;1-16-13-7-5-11(6-8-13)14-4-2-3-12-9-10-17-15(12)14;1-12-10(13-2)7-14-9-6-4-3-5-8(9)11;9-7-3-1-2-6-4-5-10-8(6)7;1-11-7-4-2-6(3-5-7)8(9)10;7-5-3-1-2-4-6(5)8;1-6-4(3-5)7-2;2-1-4-3;;;/h2-10H,1H3;2-9H,1H3;1-9,17-18H;1-9,17H;2-10H,1H3;3-6,10H,7H2,1-2H3;1-5H;2-5,9-10H,1H3;1-4,8H;4H,3H2,1-2H3;1,3H;;;/q;;;;;;;;;;;2*+1;-1/p-1/b;;16-9+;;;;;;;;;;;. The summed E-state index contributed by atoms with van der Waals surface area (Å²) in [7, 11) is 11.7. The van der Waals surface area contributed by atoms with E-state index in [1.165, 1.54) is 68.1 Å². The van der Waals surface area contributed by atoms with Gasteiger partial charge in [0.25, 0.3) is 6.47 Å². The van der Waals surface area contributed by atoms with Crippen molar-refractivity contribution in [2.75, 3.05) is 68.0 Å². The maximum Gasteiger partial charge on any atom is 1.00 e. The van der Waals surface area contributed by atoms with Gasteiger partial charge in [0.2, 0.25) is 0 Å². The van der Waals surface area contributed by atoms with Gasteiger partial charge in [-0.05, 0) is 298 Å². The van der Waals surface area contributed by atoms with Gasteiger partial charge in [-0.15, -0.1) is 92.4 Å². The summed E-state index contributed by atoms with van der Waals surface area (Å²) in [6.45, 7) is -0.181. The molecule has 6 heterocycles. The summed E-state index contributed by atoms with van der Waals surface area (Å²) >= 11 is 33.2. The van der Waals surface area contributed by atoms with Gasteiger partial charge in [-0.3, -0.25) is 14.4 Å². The van der Waals surface area contributed by atoms with Crippen LogP contribution in [0.5, 0.6) is 34.5 Å². The van der Waals surface area contributed by atoms with E-state index >= 15 is 0 Å². The molecule has 0 spiro atoms. The number of phenols is 2. The van der Waals surface area contributed by atoms with E-state index in [1.54, 1.807) is 185 Å². The molecule has 0 saturated carbocycles. The van der Waals surface area contributed by atoms with Crippen LogP contribution in [0.1, 0.15) is 27.7 Å². The summed E-state index contributed by atoms with van der Waals surface area (Å²) < 4.78 is 52.1. The van der Waals surface area contributed by atoms with E-state index in [4.69, 9.17) is 63.2 Å². The second kappa shape index (κ2) is 67.5. The number of rotatable bonds is 22.